The van der Waals surface area contributed by atoms with E-state index >= 15 is 0 Å². The van der Waals surface area contributed by atoms with Crippen LogP contribution in [0.4, 0.5) is 4.79 Å². The van der Waals surface area contributed by atoms with Crippen LogP contribution in [0.1, 0.15) is 116 Å². The predicted octanol–water partition coefficient (Wildman–Crippen LogP) is 6.36. The van der Waals surface area contributed by atoms with Crippen molar-refractivity contribution in [2.75, 3.05) is 0 Å². The lowest BCUT2D eigenvalue weighted by atomic mass is 9.92. The molecule has 7 nitrogen and oxygen atoms in total. The number of aryl methyl sites for hydroxylation is 2. The van der Waals surface area contributed by atoms with Crippen LogP contribution in [-0.2, 0) is 14.3 Å². The van der Waals surface area contributed by atoms with E-state index in [1.54, 1.807) is 32.6 Å². The summed E-state index contributed by atoms with van der Waals surface area (Å²) in [5, 5.41) is 5.98. The molecule has 7 heteroatoms. The van der Waals surface area contributed by atoms with Gasteiger partial charge in [0.05, 0.1) is 0 Å². The third-order valence-corrected chi connectivity index (χ3v) is 7.19. The fraction of sp³-hybridized carbons (Fsp3) is 0.710. The van der Waals surface area contributed by atoms with Gasteiger partial charge in [-0.2, -0.15) is 0 Å². The van der Waals surface area contributed by atoms with Crippen LogP contribution in [0.5, 0.6) is 0 Å². The molecular weight excluding hydrogens is 478 g/mol. The minimum Gasteiger partial charge on any atom is -0.444 e. The highest BCUT2D eigenvalue weighted by Crippen LogP contribution is 2.31. The number of amides is 3. The summed E-state index contributed by atoms with van der Waals surface area (Å²) in [7, 11) is 0. The Bertz CT molecular complexity index is 947. The first-order valence-corrected chi connectivity index (χ1v) is 14.4. The highest BCUT2D eigenvalue weighted by molar-refractivity contribution is 5.92. The van der Waals surface area contributed by atoms with Crippen LogP contribution in [0.25, 0.3) is 0 Å². The van der Waals surface area contributed by atoms with Crippen molar-refractivity contribution in [3.05, 3.63) is 34.9 Å². The molecule has 0 radical (unpaired) electrons. The van der Waals surface area contributed by atoms with Gasteiger partial charge >= 0.3 is 6.09 Å². The molecule has 1 aliphatic rings. The molecule has 2 N–H and O–H groups in total. The summed E-state index contributed by atoms with van der Waals surface area (Å²) < 4.78 is 5.40. The molecule has 1 saturated carbocycles. The van der Waals surface area contributed by atoms with Crippen molar-refractivity contribution in [2.24, 2.45) is 5.92 Å². The number of nitrogens with zero attached hydrogens (tertiary/aromatic N) is 1. The Morgan fingerprint density at radius 1 is 1.00 bits per heavy atom. The maximum atomic E-state index is 14.1. The van der Waals surface area contributed by atoms with E-state index in [2.05, 4.69) is 30.5 Å². The minimum atomic E-state index is -0.859. The molecule has 3 amide bonds. The first-order chi connectivity index (χ1) is 17.7. The first kappa shape index (κ1) is 31.6. The van der Waals surface area contributed by atoms with Crippen LogP contribution in [0.3, 0.4) is 0 Å². The Morgan fingerprint density at radius 3 is 2.18 bits per heavy atom. The molecule has 0 saturated heterocycles. The van der Waals surface area contributed by atoms with Crippen LogP contribution in [0.15, 0.2) is 18.2 Å². The largest absolute Gasteiger partial charge is 0.444 e. The Hall–Kier alpha value is -2.57. The monoisotopic (exact) mass is 529 g/mol. The van der Waals surface area contributed by atoms with Gasteiger partial charge in [0.25, 0.3) is 0 Å². The summed E-state index contributed by atoms with van der Waals surface area (Å²) in [5.41, 5.74) is 2.20. The molecule has 1 aromatic rings. The van der Waals surface area contributed by atoms with Gasteiger partial charge in [0, 0.05) is 12.1 Å². The maximum Gasteiger partial charge on any atom is 0.408 e. The number of nitrogens with one attached hydrogen (secondary N) is 2. The summed E-state index contributed by atoms with van der Waals surface area (Å²) in [6.07, 6.45) is 6.33. The van der Waals surface area contributed by atoms with Gasteiger partial charge < -0.3 is 20.3 Å². The molecule has 0 spiro atoms. The molecule has 2 rings (SSSR count). The predicted molar refractivity (Wildman–Crippen MR) is 153 cm³/mol. The molecule has 1 aromatic carbocycles. The summed E-state index contributed by atoms with van der Waals surface area (Å²) in [6, 6.07) is 4.27. The zero-order chi connectivity index (χ0) is 28.6. The molecule has 214 valence electrons. The van der Waals surface area contributed by atoms with Gasteiger partial charge in [-0.1, -0.05) is 56.9 Å². The quantitative estimate of drug-likeness (QED) is 0.369. The second kappa shape index (κ2) is 14.0. The molecule has 0 heterocycles. The zero-order valence-electron chi connectivity index (χ0n) is 25.1. The third kappa shape index (κ3) is 9.63. The number of ether oxygens (including phenoxy) is 1. The average Bonchev–Trinajstić information content (AvgIpc) is 2.80. The van der Waals surface area contributed by atoms with E-state index in [9.17, 15) is 14.4 Å². The Kier molecular flexibility index (Phi) is 11.7. The lowest BCUT2D eigenvalue weighted by Crippen LogP contribution is -2.55. The van der Waals surface area contributed by atoms with Crippen molar-refractivity contribution in [3.63, 3.8) is 0 Å². The Labute approximate surface area is 230 Å². The number of hydrogen-bond donors (Lipinski definition) is 2. The van der Waals surface area contributed by atoms with Gasteiger partial charge in [0.15, 0.2) is 0 Å². The molecule has 3 unspecified atom stereocenters. The fourth-order valence-electron chi connectivity index (χ4n) is 5.16. The van der Waals surface area contributed by atoms with Crippen molar-refractivity contribution in [2.45, 2.75) is 137 Å². The lowest BCUT2D eigenvalue weighted by molar-refractivity contribution is -0.145. The van der Waals surface area contributed by atoms with Gasteiger partial charge in [-0.25, -0.2) is 4.79 Å². The highest BCUT2D eigenvalue weighted by Gasteiger charge is 2.38. The summed E-state index contributed by atoms with van der Waals surface area (Å²) >= 11 is 0. The number of benzene rings is 1. The number of carbonyl (C=O) groups excluding carboxylic acids is 3. The number of alkyl carbamates (subject to hydrolysis) is 1. The minimum absolute atomic E-state index is 0.115. The van der Waals surface area contributed by atoms with Crippen molar-refractivity contribution < 1.29 is 19.1 Å². The van der Waals surface area contributed by atoms with E-state index in [4.69, 9.17) is 4.74 Å². The van der Waals surface area contributed by atoms with Gasteiger partial charge in [-0.15, -0.1) is 0 Å². The van der Waals surface area contributed by atoms with E-state index < -0.39 is 23.8 Å². The first-order valence-electron chi connectivity index (χ1n) is 14.4. The zero-order valence-corrected chi connectivity index (χ0v) is 25.1. The van der Waals surface area contributed by atoms with Crippen LogP contribution in [0, 0.1) is 19.8 Å². The second-order valence-corrected chi connectivity index (χ2v) is 12.5. The summed E-state index contributed by atoms with van der Waals surface area (Å²) in [6.45, 7) is 17.3. The molecule has 0 bridgehead atoms. The standard InChI is InChI=1S/C31H51N3O4/c1-20(2)15-17-23(5)34(29(36)24(6)32-30(37)38-31(7,8)9)27(26-18-16-21(3)19-22(26)4)28(35)33-25-13-11-10-12-14-25/h16,18-20,23-25,27H,10-15,17H2,1-9H3,(H,32,37)(H,33,35). The number of carbonyl (C=O) groups is 3. The molecule has 1 aliphatic carbocycles. The van der Waals surface area contributed by atoms with Crippen molar-refractivity contribution in [1.82, 2.24) is 15.5 Å². The van der Waals surface area contributed by atoms with Crippen molar-refractivity contribution >= 4 is 17.9 Å². The maximum absolute atomic E-state index is 14.1. The normalized spacial score (nSPS) is 16.9. The second-order valence-electron chi connectivity index (χ2n) is 12.5. The van der Waals surface area contributed by atoms with E-state index in [1.165, 1.54) is 6.42 Å². The fourth-order valence-corrected chi connectivity index (χ4v) is 5.16. The molecule has 1 fully saturated rings. The van der Waals surface area contributed by atoms with E-state index in [-0.39, 0.29) is 23.9 Å². The average molecular weight is 530 g/mol. The SMILES string of the molecule is Cc1ccc(C(C(=O)NC2CCCCC2)N(C(=O)C(C)NC(=O)OC(C)(C)C)C(C)CCC(C)C)c(C)c1. The van der Waals surface area contributed by atoms with Crippen molar-refractivity contribution in [1.29, 1.82) is 0 Å². The summed E-state index contributed by atoms with van der Waals surface area (Å²) in [4.78, 5) is 42.4. The summed E-state index contributed by atoms with van der Waals surface area (Å²) in [5.74, 6) is 0.0105. The van der Waals surface area contributed by atoms with Crippen molar-refractivity contribution in [3.8, 4) is 0 Å². The topological polar surface area (TPSA) is 87.7 Å². The van der Waals surface area contributed by atoms with Gasteiger partial charge in [-0.05, 0) is 91.2 Å². The molecule has 0 aromatic heterocycles. The van der Waals surface area contributed by atoms with Crippen LogP contribution >= 0.6 is 0 Å². The number of hydrogen-bond acceptors (Lipinski definition) is 4. The molecule has 3 atom stereocenters. The molecule has 0 aliphatic heterocycles. The smallest absolute Gasteiger partial charge is 0.408 e. The lowest BCUT2D eigenvalue weighted by Gasteiger charge is -2.39. The Morgan fingerprint density at radius 2 is 1.63 bits per heavy atom. The van der Waals surface area contributed by atoms with E-state index in [0.29, 0.717) is 5.92 Å². The highest BCUT2D eigenvalue weighted by atomic mass is 16.6. The van der Waals surface area contributed by atoms with Gasteiger partial charge in [0.1, 0.15) is 17.7 Å². The third-order valence-electron chi connectivity index (χ3n) is 7.19. The van der Waals surface area contributed by atoms with Crippen LogP contribution < -0.4 is 10.6 Å². The Balaban J connectivity index is 2.49. The number of rotatable bonds is 10. The molecular formula is C31H51N3O4. The van der Waals surface area contributed by atoms with E-state index in [0.717, 1.165) is 55.2 Å². The van der Waals surface area contributed by atoms with Crippen LogP contribution in [-0.4, -0.2) is 46.5 Å². The van der Waals surface area contributed by atoms with Crippen LogP contribution in [0.2, 0.25) is 0 Å². The van der Waals surface area contributed by atoms with Gasteiger partial charge in [-0.3, -0.25) is 9.59 Å². The van der Waals surface area contributed by atoms with E-state index in [1.807, 2.05) is 32.9 Å². The molecule has 38 heavy (non-hydrogen) atoms. The van der Waals surface area contributed by atoms with Gasteiger partial charge in [0.2, 0.25) is 11.8 Å².